The summed E-state index contributed by atoms with van der Waals surface area (Å²) in [5.41, 5.74) is 7.98. The number of aromatic nitrogens is 2. The van der Waals surface area contributed by atoms with E-state index in [4.69, 9.17) is 15.6 Å². The molecule has 4 rings (SSSR count). The van der Waals surface area contributed by atoms with Crippen LogP contribution in [0, 0.1) is 0 Å². The maximum Gasteiger partial charge on any atom is 0.307 e. The summed E-state index contributed by atoms with van der Waals surface area (Å²) in [5, 5.41) is 8.88. The van der Waals surface area contributed by atoms with Gasteiger partial charge in [0.05, 0.1) is 21.9 Å². The number of hydrogen-bond acceptors (Lipinski definition) is 6. The molecule has 0 unspecified atom stereocenters. The van der Waals surface area contributed by atoms with Crippen molar-refractivity contribution in [3.63, 3.8) is 0 Å². The average Bonchev–Trinajstić information content (AvgIpc) is 3.32. The third-order valence-corrected chi connectivity index (χ3v) is 5.55. The van der Waals surface area contributed by atoms with Gasteiger partial charge in [0.15, 0.2) is 5.82 Å². The molecule has 3 aromatic rings. The highest BCUT2D eigenvalue weighted by Crippen LogP contribution is 2.35. The molecule has 0 radical (unpaired) electrons. The first-order valence-electron chi connectivity index (χ1n) is 8.78. The second kappa shape index (κ2) is 7.40. The Hall–Kier alpha value is -3.26. The summed E-state index contributed by atoms with van der Waals surface area (Å²) < 4.78 is 6.01. The number of carboxylic acids is 1. The minimum absolute atomic E-state index is 0.0338. The van der Waals surface area contributed by atoms with Gasteiger partial charge in [-0.25, -0.2) is 4.98 Å². The molecule has 28 heavy (non-hydrogen) atoms. The second-order valence-electron chi connectivity index (χ2n) is 6.48. The fourth-order valence-electron chi connectivity index (χ4n) is 3.14. The number of hydrogen-bond donors (Lipinski definition) is 2. The maximum absolute atomic E-state index is 11.4. The van der Waals surface area contributed by atoms with Crippen molar-refractivity contribution in [2.75, 3.05) is 0 Å². The lowest BCUT2D eigenvalue weighted by Gasteiger charge is -2.11. The van der Waals surface area contributed by atoms with E-state index in [2.05, 4.69) is 9.97 Å². The van der Waals surface area contributed by atoms with Crippen LogP contribution in [0.1, 0.15) is 32.9 Å². The summed E-state index contributed by atoms with van der Waals surface area (Å²) in [6.07, 6.45) is 2.65. The van der Waals surface area contributed by atoms with E-state index in [-0.39, 0.29) is 6.42 Å². The smallest absolute Gasteiger partial charge is 0.307 e. The molecule has 0 saturated carbocycles. The van der Waals surface area contributed by atoms with Crippen LogP contribution < -0.4 is 10.5 Å². The molecule has 0 saturated heterocycles. The number of carbonyl (C=O) groups is 2. The summed E-state index contributed by atoms with van der Waals surface area (Å²) >= 11 is 1.25. The lowest BCUT2D eigenvalue weighted by molar-refractivity contribution is -0.136. The van der Waals surface area contributed by atoms with Gasteiger partial charge < -0.3 is 15.6 Å². The van der Waals surface area contributed by atoms with Crippen molar-refractivity contribution in [1.82, 2.24) is 9.97 Å². The molecule has 7 nitrogen and oxygen atoms in total. The number of carbonyl (C=O) groups excluding carboxylic acids is 1. The topological polar surface area (TPSA) is 115 Å². The second-order valence-corrected chi connectivity index (χ2v) is 7.56. The third-order valence-electron chi connectivity index (χ3n) is 4.46. The Morgan fingerprint density at radius 3 is 2.57 bits per heavy atom. The van der Waals surface area contributed by atoms with E-state index in [0.29, 0.717) is 27.9 Å². The lowest BCUT2D eigenvalue weighted by Crippen LogP contribution is -2.08. The number of amides is 1. The highest BCUT2D eigenvalue weighted by Gasteiger charge is 2.22. The van der Waals surface area contributed by atoms with Crippen molar-refractivity contribution in [2.24, 2.45) is 5.73 Å². The summed E-state index contributed by atoms with van der Waals surface area (Å²) in [6.45, 7) is 0. The van der Waals surface area contributed by atoms with E-state index in [1.54, 1.807) is 36.4 Å². The van der Waals surface area contributed by atoms with Gasteiger partial charge in [-0.2, -0.15) is 4.98 Å². The lowest BCUT2D eigenvalue weighted by atomic mass is 10.1. The first-order valence-corrected chi connectivity index (χ1v) is 9.59. The Bertz CT molecular complexity index is 1060. The molecule has 0 atom stereocenters. The van der Waals surface area contributed by atoms with Crippen molar-refractivity contribution in [2.45, 2.75) is 25.7 Å². The molecule has 1 amide bonds. The summed E-state index contributed by atoms with van der Waals surface area (Å²) in [7, 11) is 0. The van der Waals surface area contributed by atoms with Crippen LogP contribution in [0.25, 0.3) is 10.7 Å². The average molecular weight is 395 g/mol. The molecule has 1 aliphatic carbocycles. The van der Waals surface area contributed by atoms with Gasteiger partial charge in [0, 0.05) is 5.56 Å². The Morgan fingerprint density at radius 2 is 1.89 bits per heavy atom. The quantitative estimate of drug-likeness (QED) is 0.662. The van der Waals surface area contributed by atoms with Crippen LogP contribution in [0.4, 0.5) is 0 Å². The molecule has 0 aliphatic heterocycles. The van der Waals surface area contributed by atoms with E-state index < -0.39 is 11.9 Å². The van der Waals surface area contributed by atoms with Crippen LogP contribution in [-0.2, 0) is 24.1 Å². The maximum atomic E-state index is 11.4. The molecule has 8 heteroatoms. The SMILES string of the molecule is NC(=O)c1ccc(-c2nc3c(c(Oc4ccc(CC(=O)O)cc4)n2)CCC3)s1. The predicted molar refractivity (Wildman–Crippen MR) is 104 cm³/mol. The summed E-state index contributed by atoms with van der Waals surface area (Å²) in [6, 6.07) is 10.4. The first-order chi connectivity index (χ1) is 13.5. The van der Waals surface area contributed by atoms with Gasteiger partial charge in [-0.15, -0.1) is 11.3 Å². The number of benzene rings is 1. The zero-order valence-corrected chi connectivity index (χ0v) is 15.7. The number of thiophene rings is 1. The molecular weight excluding hydrogens is 378 g/mol. The van der Waals surface area contributed by atoms with E-state index in [9.17, 15) is 9.59 Å². The molecule has 3 N–H and O–H groups in total. The molecule has 0 bridgehead atoms. The summed E-state index contributed by atoms with van der Waals surface area (Å²) in [4.78, 5) is 32.6. The number of aryl methyl sites for hydroxylation is 1. The van der Waals surface area contributed by atoms with Gasteiger partial charge >= 0.3 is 5.97 Å². The molecule has 0 spiro atoms. The van der Waals surface area contributed by atoms with Crippen LogP contribution in [0.3, 0.4) is 0 Å². The molecule has 142 valence electrons. The van der Waals surface area contributed by atoms with Gasteiger partial charge in [-0.05, 0) is 49.1 Å². The van der Waals surface area contributed by atoms with Crippen LogP contribution >= 0.6 is 11.3 Å². The highest BCUT2D eigenvalue weighted by atomic mass is 32.1. The number of ether oxygens (including phenoxy) is 1. The van der Waals surface area contributed by atoms with Gasteiger partial charge in [0.25, 0.3) is 5.91 Å². The Balaban J connectivity index is 1.65. The minimum Gasteiger partial charge on any atom is -0.481 e. The monoisotopic (exact) mass is 395 g/mol. The normalized spacial score (nSPS) is 12.6. The molecule has 1 aliphatic rings. The predicted octanol–water partition coefficient (Wildman–Crippen LogP) is 3.21. The Morgan fingerprint density at radius 1 is 1.11 bits per heavy atom. The highest BCUT2D eigenvalue weighted by molar-refractivity contribution is 7.17. The van der Waals surface area contributed by atoms with Crippen molar-refractivity contribution >= 4 is 23.2 Å². The van der Waals surface area contributed by atoms with Gasteiger partial charge in [0.2, 0.25) is 5.88 Å². The fraction of sp³-hybridized carbons (Fsp3) is 0.200. The number of nitrogens with zero attached hydrogens (tertiary/aromatic N) is 2. The molecular formula is C20H17N3O4S. The van der Waals surface area contributed by atoms with E-state index in [0.717, 1.165) is 35.4 Å². The number of fused-ring (bicyclic) bond motifs is 1. The van der Waals surface area contributed by atoms with Crippen molar-refractivity contribution in [3.8, 4) is 22.3 Å². The van der Waals surface area contributed by atoms with E-state index in [1.807, 2.05) is 0 Å². The van der Waals surface area contributed by atoms with Crippen LogP contribution in [-0.4, -0.2) is 27.0 Å². The minimum atomic E-state index is -0.877. The third kappa shape index (κ3) is 3.72. The molecule has 2 aromatic heterocycles. The number of primary amides is 1. The largest absolute Gasteiger partial charge is 0.481 e. The van der Waals surface area contributed by atoms with E-state index >= 15 is 0 Å². The number of nitrogens with two attached hydrogens (primary N) is 1. The zero-order valence-electron chi connectivity index (χ0n) is 14.8. The number of carboxylic acid groups (broad SMARTS) is 1. The fourth-order valence-corrected chi connectivity index (χ4v) is 3.94. The number of rotatable bonds is 6. The van der Waals surface area contributed by atoms with Crippen LogP contribution in [0.5, 0.6) is 11.6 Å². The van der Waals surface area contributed by atoms with Gasteiger partial charge in [-0.1, -0.05) is 12.1 Å². The summed E-state index contributed by atoms with van der Waals surface area (Å²) in [5.74, 6) is 0.235. The van der Waals surface area contributed by atoms with Crippen molar-refractivity contribution in [3.05, 3.63) is 58.1 Å². The Labute approximate surface area is 164 Å². The van der Waals surface area contributed by atoms with Crippen LogP contribution in [0.2, 0.25) is 0 Å². The first kappa shape index (κ1) is 18.1. The van der Waals surface area contributed by atoms with Crippen LogP contribution in [0.15, 0.2) is 36.4 Å². The van der Waals surface area contributed by atoms with Crippen molar-refractivity contribution < 1.29 is 19.4 Å². The van der Waals surface area contributed by atoms with E-state index in [1.165, 1.54) is 11.3 Å². The van der Waals surface area contributed by atoms with Crippen molar-refractivity contribution in [1.29, 1.82) is 0 Å². The number of aliphatic carboxylic acids is 1. The standard InChI is InChI=1S/C20H17N3O4S/c21-18(26)15-8-9-16(28-15)19-22-14-3-1-2-13(14)20(23-19)27-12-6-4-11(5-7-12)10-17(24)25/h4-9H,1-3,10H2,(H2,21,26)(H,24,25). The zero-order chi connectivity index (χ0) is 19.7. The molecule has 1 aromatic carbocycles. The molecule has 2 heterocycles. The van der Waals surface area contributed by atoms with Gasteiger partial charge in [-0.3, -0.25) is 9.59 Å². The Kier molecular flexibility index (Phi) is 4.79. The molecule has 0 fully saturated rings. The van der Waals surface area contributed by atoms with Gasteiger partial charge in [0.1, 0.15) is 5.75 Å².